The fourth-order valence-corrected chi connectivity index (χ4v) is 3.00. The van der Waals surface area contributed by atoms with Gasteiger partial charge in [-0.25, -0.2) is 17.9 Å². The largest absolute Gasteiger partial charge is 0.390 e. The Hall–Kier alpha value is -1.64. The molecule has 1 aromatic carbocycles. The molecule has 0 saturated heterocycles. The van der Waals surface area contributed by atoms with Crippen LogP contribution in [0.25, 0.3) is 0 Å². The van der Waals surface area contributed by atoms with Gasteiger partial charge in [-0.2, -0.15) is 0 Å². The highest BCUT2D eigenvalue weighted by atomic mass is 32.2. The fourth-order valence-electron chi connectivity index (χ4n) is 2.49. The summed E-state index contributed by atoms with van der Waals surface area (Å²) >= 11 is 0. The van der Waals surface area contributed by atoms with Crippen molar-refractivity contribution in [3.05, 3.63) is 35.4 Å². The van der Waals surface area contributed by atoms with E-state index in [1.54, 1.807) is 0 Å². The molecule has 1 aromatic rings. The molecule has 0 heterocycles. The zero-order valence-corrected chi connectivity index (χ0v) is 13.2. The quantitative estimate of drug-likeness (QED) is 0.547. The van der Waals surface area contributed by atoms with E-state index < -0.39 is 22.2 Å². The zero-order chi connectivity index (χ0) is 16.2. The summed E-state index contributed by atoms with van der Waals surface area (Å²) in [5.74, 6) is 0. The predicted octanol–water partition coefficient (Wildman–Crippen LogP) is -0.117. The number of benzene rings is 1. The van der Waals surface area contributed by atoms with Crippen LogP contribution >= 0.6 is 0 Å². The molecule has 4 N–H and O–H groups in total. The van der Waals surface area contributed by atoms with Gasteiger partial charge < -0.3 is 15.7 Å². The molecular formula is C14H21N3O4S. The maximum atomic E-state index is 11.8. The van der Waals surface area contributed by atoms with Gasteiger partial charge in [-0.1, -0.05) is 24.3 Å². The Bertz CT molecular complexity index is 633. The van der Waals surface area contributed by atoms with Crippen LogP contribution in [0.2, 0.25) is 0 Å². The number of carbonyl (C=O) groups is 1. The van der Waals surface area contributed by atoms with Gasteiger partial charge in [-0.05, 0) is 17.5 Å². The first-order valence-corrected chi connectivity index (χ1v) is 9.01. The van der Waals surface area contributed by atoms with Gasteiger partial charge in [0.05, 0.1) is 18.4 Å². The van der Waals surface area contributed by atoms with Crippen LogP contribution in [0.4, 0.5) is 4.79 Å². The highest BCUT2D eigenvalue weighted by Crippen LogP contribution is 2.30. The maximum Gasteiger partial charge on any atom is 0.315 e. The van der Waals surface area contributed by atoms with Gasteiger partial charge in [0.1, 0.15) is 0 Å². The van der Waals surface area contributed by atoms with Gasteiger partial charge in [-0.15, -0.1) is 0 Å². The number of fused-ring (bicyclic) bond motifs is 1. The number of sulfonamides is 1. The van der Waals surface area contributed by atoms with Gasteiger partial charge in [0.15, 0.2) is 0 Å². The Kier molecular flexibility index (Phi) is 5.38. The summed E-state index contributed by atoms with van der Waals surface area (Å²) < 4.78 is 24.1. The van der Waals surface area contributed by atoms with Crippen molar-refractivity contribution in [2.45, 2.75) is 25.0 Å². The summed E-state index contributed by atoms with van der Waals surface area (Å²) in [5, 5.41) is 15.4. The first-order valence-electron chi connectivity index (χ1n) is 7.11. The summed E-state index contributed by atoms with van der Waals surface area (Å²) in [7, 11) is -3.20. The van der Waals surface area contributed by atoms with E-state index in [2.05, 4.69) is 15.4 Å². The minimum atomic E-state index is -3.20. The molecule has 8 heteroatoms. The number of urea groups is 1. The summed E-state index contributed by atoms with van der Waals surface area (Å²) in [6.07, 6.45) is 1.48. The molecule has 0 bridgehead atoms. The van der Waals surface area contributed by atoms with Crippen LogP contribution in [-0.4, -0.2) is 45.0 Å². The molecule has 0 radical (unpaired) electrons. The minimum Gasteiger partial charge on any atom is -0.390 e. The lowest BCUT2D eigenvalue weighted by molar-refractivity contribution is 0.142. The van der Waals surface area contributed by atoms with Crippen LogP contribution in [0.5, 0.6) is 0 Å². The van der Waals surface area contributed by atoms with Gasteiger partial charge >= 0.3 is 6.03 Å². The van der Waals surface area contributed by atoms with E-state index in [0.29, 0.717) is 19.4 Å². The molecule has 2 amide bonds. The van der Waals surface area contributed by atoms with Crippen LogP contribution in [0, 0.1) is 0 Å². The van der Waals surface area contributed by atoms with Crippen LogP contribution in [0.15, 0.2) is 24.3 Å². The monoisotopic (exact) mass is 327 g/mol. The van der Waals surface area contributed by atoms with Crippen molar-refractivity contribution < 1.29 is 18.3 Å². The molecule has 2 atom stereocenters. The van der Waals surface area contributed by atoms with Crippen LogP contribution in [-0.2, 0) is 16.4 Å². The van der Waals surface area contributed by atoms with E-state index in [4.69, 9.17) is 0 Å². The first kappa shape index (κ1) is 16.7. The van der Waals surface area contributed by atoms with Gasteiger partial charge in [0, 0.05) is 19.5 Å². The Morgan fingerprint density at radius 3 is 2.77 bits per heavy atom. The molecular weight excluding hydrogens is 306 g/mol. The van der Waals surface area contributed by atoms with E-state index in [9.17, 15) is 18.3 Å². The highest BCUT2D eigenvalue weighted by Gasteiger charge is 2.31. The molecule has 1 aliphatic carbocycles. The average Bonchev–Trinajstić information content (AvgIpc) is 2.74. The third kappa shape index (κ3) is 4.69. The number of carbonyl (C=O) groups excluding carboxylic acids is 1. The summed E-state index contributed by atoms with van der Waals surface area (Å²) in [5.41, 5.74) is 1.97. The molecule has 1 aliphatic rings. The lowest BCUT2D eigenvalue weighted by atomic mass is 10.1. The number of hydrogen-bond donors (Lipinski definition) is 4. The molecule has 0 aliphatic heterocycles. The third-order valence-electron chi connectivity index (χ3n) is 3.49. The molecule has 22 heavy (non-hydrogen) atoms. The summed E-state index contributed by atoms with van der Waals surface area (Å²) in [4.78, 5) is 11.8. The topological polar surface area (TPSA) is 108 Å². The first-order chi connectivity index (χ1) is 10.4. The number of hydrogen-bond acceptors (Lipinski definition) is 4. The molecule has 7 nitrogen and oxygen atoms in total. The third-order valence-corrected chi connectivity index (χ3v) is 4.22. The van der Waals surface area contributed by atoms with Gasteiger partial charge in [0.2, 0.25) is 10.0 Å². The van der Waals surface area contributed by atoms with E-state index in [0.717, 1.165) is 17.4 Å². The summed E-state index contributed by atoms with van der Waals surface area (Å²) in [6, 6.07) is 6.83. The van der Waals surface area contributed by atoms with Crippen LogP contribution in [0.3, 0.4) is 0 Å². The number of amides is 2. The molecule has 0 aromatic heterocycles. The predicted molar refractivity (Wildman–Crippen MR) is 82.9 cm³/mol. The molecule has 0 fully saturated rings. The lowest BCUT2D eigenvalue weighted by Gasteiger charge is -2.18. The van der Waals surface area contributed by atoms with Crippen molar-refractivity contribution >= 4 is 16.1 Å². The van der Waals surface area contributed by atoms with Crippen LogP contribution < -0.4 is 15.4 Å². The van der Waals surface area contributed by atoms with Crippen molar-refractivity contribution in [1.29, 1.82) is 0 Å². The van der Waals surface area contributed by atoms with Crippen molar-refractivity contribution in [3.8, 4) is 0 Å². The maximum absolute atomic E-state index is 11.8. The Labute approximate surface area is 130 Å². The SMILES string of the molecule is CS(=O)(=O)NCCCNC(=O)N[C@@H]1c2ccccc2C[C@@H]1O. The van der Waals surface area contributed by atoms with E-state index in [1.165, 1.54) is 0 Å². The van der Waals surface area contributed by atoms with Gasteiger partial charge in [0.25, 0.3) is 0 Å². The second-order valence-electron chi connectivity index (χ2n) is 5.37. The minimum absolute atomic E-state index is 0.272. The van der Waals surface area contributed by atoms with Crippen molar-refractivity contribution in [2.24, 2.45) is 0 Å². The van der Waals surface area contributed by atoms with Gasteiger partial charge in [-0.3, -0.25) is 0 Å². The van der Waals surface area contributed by atoms with Crippen LogP contribution in [0.1, 0.15) is 23.6 Å². The second kappa shape index (κ2) is 7.08. The Balaban J connectivity index is 1.76. The van der Waals surface area contributed by atoms with Crippen molar-refractivity contribution in [3.63, 3.8) is 0 Å². The average molecular weight is 327 g/mol. The smallest absolute Gasteiger partial charge is 0.315 e. The number of aliphatic hydroxyl groups excluding tert-OH is 1. The normalized spacial score (nSPS) is 20.5. The second-order valence-corrected chi connectivity index (χ2v) is 7.20. The Morgan fingerprint density at radius 2 is 2.05 bits per heavy atom. The Morgan fingerprint density at radius 1 is 1.32 bits per heavy atom. The molecule has 2 rings (SSSR count). The highest BCUT2D eigenvalue weighted by molar-refractivity contribution is 7.88. The standard InChI is InChI=1S/C14H21N3O4S/c1-22(20,21)16-8-4-7-15-14(19)17-13-11-6-3-2-5-10(11)9-12(13)18/h2-3,5-6,12-13,16,18H,4,7-9H2,1H3,(H2,15,17,19)/t12-,13+/m0/s1. The number of aliphatic hydroxyl groups is 1. The van der Waals surface area contributed by atoms with Crippen molar-refractivity contribution in [1.82, 2.24) is 15.4 Å². The lowest BCUT2D eigenvalue weighted by Crippen LogP contribution is -2.41. The summed E-state index contributed by atoms with van der Waals surface area (Å²) in [6.45, 7) is 0.618. The molecule has 0 spiro atoms. The van der Waals surface area contributed by atoms with E-state index >= 15 is 0 Å². The van der Waals surface area contributed by atoms with Crippen molar-refractivity contribution in [2.75, 3.05) is 19.3 Å². The van der Waals surface area contributed by atoms with E-state index in [-0.39, 0.29) is 12.6 Å². The fraction of sp³-hybridized carbons (Fsp3) is 0.500. The van der Waals surface area contributed by atoms with E-state index in [1.807, 2.05) is 24.3 Å². The molecule has 0 unspecified atom stereocenters. The molecule has 0 saturated carbocycles. The number of nitrogens with one attached hydrogen (secondary N) is 3. The zero-order valence-electron chi connectivity index (χ0n) is 12.4. The number of rotatable bonds is 6. The molecule has 122 valence electrons.